The highest BCUT2D eigenvalue weighted by Gasteiger charge is 2.03. The Hall–Kier alpha value is -0.210. The molecule has 0 heterocycles. The van der Waals surface area contributed by atoms with Gasteiger partial charge in [0.25, 0.3) is 0 Å². The van der Waals surface area contributed by atoms with Crippen molar-refractivity contribution in [2.75, 3.05) is 6.26 Å². The Balaban J connectivity index is 3.21. The molecule has 0 saturated carbocycles. The molecule has 3 heteroatoms. The van der Waals surface area contributed by atoms with Gasteiger partial charge in [-0.15, -0.1) is 11.8 Å². The zero-order valence-electron chi connectivity index (χ0n) is 6.32. The molecule has 0 bridgehead atoms. The van der Waals surface area contributed by atoms with Gasteiger partial charge in [0.15, 0.2) is 0 Å². The third-order valence-electron chi connectivity index (χ3n) is 1.44. The van der Waals surface area contributed by atoms with Crippen LogP contribution >= 0.6 is 23.4 Å². The summed E-state index contributed by atoms with van der Waals surface area (Å²) in [7, 11) is 0. The SMILES string of the molecule is CSc1cc(Cl)c(F)cc1C. The van der Waals surface area contributed by atoms with Crippen LogP contribution in [-0.2, 0) is 0 Å². The van der Waals surface area contributed by atoms with Crippen LogP contribution in [0.15, 0.2) is 17.0 Å². The van der Waals surface area contributed by atoms with Gasteiger partial charge >= 0.3 is 0 Å². The minimum atomic E-state index is -0.345. The molecule has 0 aromatic heterocycles. The second kappa shape index (κ2) is 3.46. The zero-order chi connectivity index (χ0) is 8.43. The van der Waals surface area contributed by atoms with E-state index in [-0.39, 0.29) is 10.8 Å². The van der Waals surface area contributed by atoms with E-state index in [9.17, 15) is 4.39 Å². The predicted octanol–water partition coefficient (Wildman–Crippen LogP) is 3.51. The van der Waals surface area contributed by atoms with E-state index in [0.717, 1.165) is 10.5 Å². The maximum absolute atomic E-state index is 12.8. The van der Waals surface area contributed by atoms with Crippen LogP contribution in [0, 0.1) is 12.7 Å². The molecule has 0 nitrogen and oxygen atoms in total. The second-order valence-electron chi connectivity index (χ2n) is 2.24. The average molecular weight is 191 g/mol. The highest BCUT2D eigenvalue weighted by Crippen LogP contribution is 2.25. The number of rotatable bonds is 1. The number of thioether (sulfide) groups is 1. The number of hydrogen-bond acceptors (Lipinski definition) is 1. The van der Waals surface area contributed by atoms with Crippen molar-refractivity contribution in [1.82, 2.24) is 0 Å². The summed E-state index contributed by atoms with van der Waals surface area (Å²) in [6.07, 6.45) is 1.94. The fourth-order valence-corrected chi connectivity index (χ4v) is 1.69. The summed E-state index contributed by atoms with van der Waals surface area (Å²) in [5.41, 5.74) is 0.930. The van der Waals surface area contributed by atoms with Crippen molar-refractivity contribution in [1.29, 1.82) is 0 Å². The standard InChI is InChI=1S/C8H8ClFS/c1-5-3-7(10)6(9)4-8(5)11-2/h3-4H,1-2H3. The Bertz CT molecular complexity index is 273. The van der Waals surface area contributed by atoms with E-state index < -0.39 is 0 Å². The third-order valence-corrected chi connectivity index (χ3v) is 2.61. The summed E-state index contributed by atoms with van der Waals surface area (Å²) in [4.78, 5) is 1.02. The van der Waals surface area contributed by atoms with E-state index >= 15 is 0 Å². The van der Waals surface area contributed by atoms with Crippen LogP contribution in [0.3, 0.4) is 0 Å². The van der Waals surface area contributed by atoms with Crippen LogP contribution in [0.5, 0.6) is 0 Å². The van der Waals surface area contributed by atoms with E-state index in [1.807, 2.05) is 13.2 Å². The largest absolute Gasteiger partial charge is 0.205 e. The first kappa shape index (κ1) is 8.88. The van der Waals surface area contributed by atoms with Gasteiger partial charge in [-0.3, -0.25) is 0 Å². The normalized spacial score (nSPS) is 10.2. The molecule has 0 saturated heterocycles. The lowest BCUT2D eigenvalue weighted by molar-refractivity contribution is 0.625. The van der Waals surface area contributed by atoms with Crippen LogP contribution in [0.1, 0.15) is 5.56 Å². The molecule has 1 rings (SSSR count). The molecule has 0 fully saturated rings. The molecule has 0 radical (unpaired) electrons. The maximum Gasteiger partial charge on any atom is 0.142 e. The molecule has 0 N–H and O–H groups in total. The van der Waals surface area contributed by atoms with E-state index in [4.69, 9.17) is 11.6 Å². The Kier molecular flexibility index (Phi) is 2.79. The van der Waals surface area contributed by atoms with E-state index in [1.165, 1.54) is 6.07 Å². The second-order valence-corrected chi connectivity index (χ2v) is 3.49. The van der Waals surface area contributed by atoms with E-state index in [2.05, 4.69) is 0 Å². The molecule has 1 aromatic rings. The number of hydrogen-bond donors (Lipinski definition) is 0. The van der Waals surface area contributed by atoms with Gasteiger partial charge in [-0.2, -0.15) is 0 Å². The van der Waals surface area contributed by atoms with Crippen molar-refractivity contribution in [3.05, 3.63) is 28.5 Å². The lowest BCUT2D eigenvalue weighted by Gasteiger charge is -2.02. The van der Waals surface area contributed by atoms with Crippen molar-refractivity contribution < 1.29 is 4.39 Å². The molecule has 0 aliphatic carbocycles. The Morgan fingerprint density at radius 1 is 1.45 bits per heavy atom. The van der Waals surface area contributed by atoms with Crippen LogP contribution < -0.4 is 0 Å². The van der Waals surface area contributed by atoms with Crippen molar-refractivity contribution in [3.63, 3.8) is 0 Å². The summed E-state index contributed by atoms with van der Waals surface area (Å²) < 4.78 is 12.8. The fraction of sp³-hybridized carbons (Fsp3) is 0.250. The van der Waals surface area contributed by atoms with E-state index in [0.29, 0.717) is 0 Å². The minimum absolute atomic E-state index is 0.194. The molecule has 0 aliphatic heterocycles. The molecule has 0 atom stereocenters. The minimum Gasteiger partial charge on any atom is -0.205 e. The van der Waals surface area contributed by atoms with Crippen molar-refractivity contribution in [2.45, 2.75) is 11.8 Å². The Morgan fingerprint density at radius 2 is 2.09 bits per heavy atom. The molecule has 11 heavy (non-hydrogen) atoms. The van der Waals surface area contributed by atoms with Crippen molar-refractivity contribution in [2.24, 2.45) is 0 Å². The molecule has 60 valence electrons. The topological polar surface area (TPSA) is 0 Å². The maximum atomic E-state index is 12.8. The third kappa shape index (κ3) is 1.88. The number of benzene rings is 1. The fourth-order valence-electron chi connectivity index (χ4n) is 0.848. The molecular formula is C8H8ClFS. The van der Waals surface area contributed by atoms with Crippen molar-refractivity contribution >= 4 is 23.4 Å². The van der Waals surface area contributed by atoms with Crippen LogP contribution in [0.4, 0.5) is 4.39 Å². The first-order chi connectivity index (χ1) is 5.15. The van der Waals surface area contributed by atoms with Gasteiger partial charge in [0.2, 0.25) is 0 Å². The Morgan fingerprint density at radius 3 is 2.64 bits per heavy atom. The van der Waals surface area contributed by atoms with Gasteiger partial charge in [0, 0.05) is 4.90 Å². The Labute approximate surface area is 74.8 Å². The smallest absolute Gasteiger partial charge is 0.142 e. The molecule has 0 aliphatic rings. The lowest BCUT2D eigenvalue weighted by atomic mass is 10.2. The van der Waals surface area contributed by atoms with Gasteiger partial charge in [0.05, 0.1) is 5.02 Å². The van der Waals surface area contributed by atoms with Crippen LogP contribution in [0.25, 0.3) is 0 Å². The van der Waals surface area contributed by atoms with Gasteiger partial charge in [-0.25, -0.2) is 4.39 Å². The summed E-state index contributed by atoms with van der Waals surface area (Å²) >= 11 is 7.14. The lowest BCUT2D eigenvalue weighted by Crippen LogP contribution is -1.83. The van der Waals surface area contributed by atoms with Crippen LogP contribution in [-0.4, -0.2) is 6.26 Å². The number of halogens is 2. The molecular weight excluding hydrogens is 183 g/mol. The molecule has 1 aromatic carbocycles. The monoisotopic (exact) mass is 190 g/mol. The highest BCUT2D eigenvalue weighted by atomic mass is 35.5. The van der Waals surface area contributed by atoms with Gasteiger partial charge in [-0.05, 0) is 30.9 Å². The first-order valence-corrected chi connectivity index (χ1v) is 4.75. The summed E-state index contributed by atoms with van der Waals surface area (Å²) in [5, 5.41) is 0.194. The first-order valence-electron chi connectivity index (χ1n) is 3.15. The summed E-state index contributed by atoms with van der Waals surface area (Å²) in [6.45, 7) is 1.87. The molecule has 0 amide bonds. The van der Waals surface area contributed by atoms with Gasteiger partial charge in [-0.1, -0.05) is 11.6 Å². The quantitative estimate of drug-likeness (QED) is 0.611. The predicted molar refractivity (Wildman–Crippen MR) is 47.9 cm³/mol. The average Bonchev–Trinajstić information content (AvgIpc) is 1.97. The van der Waals surface area contributed by atoms with Crippen LogP contribution in [0.2, 0.25) is 5.02 Å². The summed E-state index contributed by atoms with van der Waals surface area (Å²) in [5.74, 6) is -0.345. The highest BCUT2D eigenvalue weighted by molar-refractivity contribution is 7.98. The molecule has 0 unspecified atom stereocenters. The zero-order valence-corrected chi connectivity index (χ0v) is 7.89. The van der Waals surface area contributed by atoms with Gasteiger partial charge in [0.1, 0.15) is 5.82 Å². The van der Waals surface area contributed by atoms with Crippen molar-refractivity contribution in [3.8, 4) is 0 Å². The summed E-state index contributed by atoms with van der Waals surface area (Å²) in [6, 6.07) is 3.10. The van der Waals surface area contributed by atoms with E-state index in [1.54, 1.807) is 17.8 Å². The number of aryl methyl sites for hydroxylation is 1. The van der Waals surface area contributed by atoms with Gasteiger partial charge < -0.3 is 0 Å². The molecule has 0 spiro atoms.